The van der Waals surface area contributed by atoms with E-state index in [1.54, 1.807) is 0 Å². The summed E-state index contributed by atoms with van der Waals surface area (Å²) < 4.78 is 24.3. The van der Waals surface area contributed by atoms with Gasteiger partial charge in [-0.15, -0.1) is 0 Å². The number of hydrogen-bond donors (Lipinski definition) is 3. The number of hydrogen-bond acceptors (Lipinski definition) is 6. The van der Waals surface area contributed by atoms with Crippen LogP contribution in [0.25, 0.3) is 0 Å². The van der Waals surface area contributed by atoms with Crippen LogP contribution in [0.4, 0.5) is 4.39 Å². The summed E-state index contributed by atoms with van der Waals surface area (Å²) in [5.74, 6) is -0.891. The molecule has 138 valence electrons. The van der Waals surface area contributed by atoms with Gasteiger partial charge in [0, 0.05) is 25.2 Å². The van der Waals surface area contributed by atoms with Crippen LogP contribution >= 0.6 is 0 Å². The van der Waals surface area contributed by atoms with Crippen molar-refractivity contribution in [2.75, 3.05) is 39.5 Å². The predicted molar refractivity (Wildman–Crippen MR) is 86.7 cm³/mol. The van der Waals surface area contributed by atoms with Gasteiger partial charge in [-0.1, -0.05) is 6.07 Å². The molecule has 2 aliphatic heterocycles. The van der Waals surface area contributed by atoms with E-state index in [2.05, 4.69) is 10.2 Å². The number of carbonyl (C=O) groups excluding carboxylic acids is 1. The van der Waals surface area contributed by atoms with Crippen molar-refractivity contribution in [1.29, 1.82) is 0 Å². The fraction of sp³-hybridized carbons (Fsp3) is 0.588. The smallest absolute Gasteiger partial charge is 0.251 e. The third-order valence-electron chi connectivity index (χ3n) is 4.66. The molecule has 1 aromatic carbocycles. The van der Waals surface area contributed by atoms with Gasteiger partial charge in [0.15, 0.2) is 0 Å². The van der Waals surface area contributed by atoms with Crippen LogP contribution in [0.3, 0.4) is 0 Å². The number of carbonyl (C=O) groups is 1. The van der Waals surface area contributed by atoms with E-state index in [1.165, 1.54) is 18.2 Å². The SMILES string of the molecule is O=C(NC[C@H]1O[C@@H](CO)[C@@H](O)[C@H]1N1CCOCC1)c1cccc(F)c1. The molecular formula is C17H23FN2O5. The van der Waals surface area contributed by atoms with E-state index in [4.69, 9.17) is 9.47 Å². The van der Waals surface area contributed by atoms with Gasteiger partial charge in [-0.25, -0.2) is 4.39 Å². The Labute approximate surface area is 145 Å². The van der Waals surface area contributed by atoms with Crippen molar-refractivity contribution in [2.45, 2.75) is 24.4 Å². The molecule has 25 heavy (non-hydrogen) atoms. The molecule has 7 nitrogen and oxygen atoms in total. The van der Waals surface area contributed by atoms with Crippen LogP contribution < -0.4 is 5.32 Å². The van der Waals surface area contributed by atoms with Crippen molar-refractivity contribution in [3.63, 3.8) is 0 Å². The second-order valence-electron chi connectivity index (χ2n) is 6.25. The summed E-state index contributed by atoms with van der Waals surface area (Å²) in [5.41, 5.74) is 0.222. The molecule has 0 aliphatic carbocycles. The summed E-state index contributed by atoms with van der Waals surface area (Å²) in [6, 6.07) is 5.09. The lowest BCUT2D eigenvalue weighted by molar-refractivity contribution is -0.0220. The van der Waals surface area contributed by atoms with E-state index >= 15 is 0 Å². The second-order valence-corrected chi connectivity index (χ2v) is 6.25. The zero-order chi connectivity index (χ0) is 17.8. The summed E-state index contributed by atoms with van der Waals surface area (Å²) >= 11 is 0. The van der Waals surface area contributed by atoms with Crippen LogP contribution in [0.2, 0.25) is 0 Å². The number of halogens is 1. The first-order chi connectivity index (χ1) is 12.1. The summed E-state index contributed by atoms with van der Waals surface area (Å²) in [7, 11) is 0. The maximum atomic E-state index is 13.2. The molecule has 4 atom stereocenters. The van der Waals surface area contributed by atoms with Crippen LogP contribution in [-0.2, 0) is 9.47 Å². The first-order valence-electron chi connectivity index (χ1n) is 8.40. The average molecular weight is 354 g/mol. The number of rotatable bonds is 5. The maximum absolute atomic E-state index is 13.2. The molecule has 1 amide bonds. The van der Waals surface area contributed by atoms with Crippen molar-refractivity contribution in [1.82, 2.24) is 10.2 Å². The van der Waals surface area contributed by atoms with Gasteiger partial charge < -0.3 is 25.0 Å². The van der Waals surface area contributed by atoms with Crippen molar-refractivity contribution >= 4 is 5.91 Å². The predicted octanol–water partition coefficient (Wildman–Crippen LogP) is -0.623. The Morgan fingerprint density at radius 3 is 2.76 bits per heavy atom. The third-order valence-corrected chi connectivity index (χ3v) is 4.66. The van der Waals surface area contributed by atoms with Crippen LogP contribution in [0.15, 0.2) is 24.3 Å². The van der Waals surface area contributed by atoms with Crippen LogP contribution in [0.1, 0.15) is 10.4 Å². The van der Waals surface area contributed by atoms with Gasteiger partial charge in [0.2, 0.25) is 0 Å². The van der Waals surface area contributed by atoms with Gasteiger partial charge in [-0.3, -0.25) is 9.69 Å². The quantitative estimate of drug-likeness (QED) is 0.653. The van der Waals surface area contributed by atoms with Crippen LogP contribution in [0, 0.1) is 5.82 Å². The van der Waals surface area contributed by atoms with E-state index in [9.17, 15) is 19.4 Å². The molecule has 3 N–H and O–H groups in total. The number of aliphatic hydroxyl groups excluding tert-OH is 2. The standard InChI is InChI=1S/C17H23FN2O5/c18-12-3-1-2-11(8-12)17(23)19-9-13-15(16(22)14(10-21)25-13)20-4-6-24-7-5-20/h1-3,8,13-16,21-22H,4-7,9-10H2,(H,19,23)/t13-,14+,15+,16-/m1/s1. The zero-order valence-electron chi connectivity index (χ0n) is 13.8. The highest BCUT2D eigenvalue weighted by atomic mass is 19.1. The highest BCUT2D eigenvalue weighted by Crippen LogP contribution is 2.26. The number of benzene rings is 1. The Balaban J connectivity index is 1.65. The Bertz CT molecular complexity index is 596. The van der Waals surface area contributed by atoms with Gasteiger partial charge in [-0.05, 0) is 18.2 Å². The molecule has 0 saturated carbocycles. The minimum atomic E-state index is -0.848. The van der Waals surface area contributed by atoms with E-state index in [1.807, 2.05) is 0 Å². The topological polar surface area (TPSA) is 91.3 Å². The van der Waals surface area contributed by atoms with Crippen molar-refractivity contribution in [3.05, 3.63) is 35.6 Å². The molecule has 8 heteroatoms. The van der Waals surface area contributed by atoms with E-state index in [0.717, 1.165) is 6.07 Å². The maximum Gasteiger partial charge on any atom is 0.251 e. The lowest BCUT2D eigenvalue weighted by atomic mass is 10.0. The first kappa shape index (κ1) is 18.2. The van der Waals surface area contributed by atoms with Gasteiger partial charge >= 0.3 is 0 Å². The number of ether oxygens (including phenoxy) is 2. The lowest BCUT2D eigenvalue weighted by Gasteiger charge is -2.36. The minimum absolute atomic E-state index is 0.158. The fourth-order valence-corrected chi connectivity index (χ4v) is 3.40. The number of amides is 1. The fourth-order valence-electron chi connectivity index (χ4n) is 3.40. The average Bonchev–Trinajstić information content (AvgIpc) is 2.96. The molecule has 0 aromatic heterocycles. The minimum Gasteiger partial charge on any atom is -0.394 e. The Hall–Kier alpha value is -1.58. The molecule has 2 aliphatic rings. The number of morpholine rings is 1. The van der Waals surface area contributed by atoms with Crippen molar-refractivity contribution in [3.8, 4) is 0 Å². The summed E-state index contributed by atoms with van der Waals surface area (Å²) in [6.45, 7) is 2.29. The van der Waals surface area contributed by atoms with Gasteiger partial charge in [0.05, 0.1) is 32.0 Å². The normalized spacial score (nSPS) is 30.4. The van der Waals surface area contributed by atoms with Gasteiger partial charge in [0.25, 0.3) is 5.91 Å². The number of nitrogens with one attached hydrogen (secondary N) is 1. The lowest BCUT2D eigenvalue weighted by Crippen LogP contribution is -2.54. The van der Waals surface area contributed by atoms with Gasteiger partial charge in [-0.2, -0.15) is 0 Å². The summed E-state index contributed by atoms with van der Waals surface area (Å²) in [4.78, 5) is 14.2. The number of aliphatic hydroxyl groups is 2. The third kappa shape index (κ3) is 4.16. The summed E-state index contributed by atoms with van der Waals surface area (Å²) in [6.07, 6.45) is -2.01. The van der Waals surface area contributed by atoms with Crippen molar-refractivity contribution < 1.29 is 28.9 Å². The zero-order valence-corrected chi connectivity index (χ0v) is 13.8. The number of nitrogens with zero attached hydrogens (tertiary/aromatic N) is 1. The molecule has 0 spiro atoms. The van der Waals surface area contributed by atoms with Crippen LogP contribution in [-0.4, -0.2) is 84.8 Å². The molecule has 3 rings (SSSR count). The highest BCUT2D eigenvalue weighted by molar-refractivity contribution is 5.94. The van der Waals surface area contributed by atoms with E-state index in [-0.39, 0.29) is 24.8 Å². The summed E-state index contributed by atoms with van der Waals surface area (Å²) in [5, 5.41) is 22.6. The molecule has 2 saturated heterocycles. The molecule has 0 radical (unpaired) electrons. The molecular weight excluding hydrogens is 331 g/mol. The molecule has 2 heterocycles. The Morgan fingerprint density at radius 1 is 1.32 bits per heavy atom. The van der Waals surface area contributed by atoms with E-state index < -0.39 is 30.0 Å². The molecule has 2 fully saturated rings. The molecule has 1 aromatic rings. The highest BCUT2D eigenvalue weighted by Gasteiger charge is 2.46. The van der Waals surface area contributed by atoms with Gasteiger partial charge in [0.1, 0.15) is 18.0 Å². The Kier molecular flexibility index (Phi) is 5.98. The molecule has 0 bridgehead atoms. The van der Waals surface area contributed by atoms with Crippen LogP contribution in [0.5, 0.6) is 0 Å². The Morgan fingerprint density at radius 2 is 2.08 bits per heavy atom. The van der Waals surface area contributed by atoms with E-state index in [0.29, 0.717) is 26.3 Å². The molecule has 0 unspecified atom stereocenters. The first-order valence-corrected chi connectivity index (χ1v) is 8.40. The largest absolute Gasteiger partial charge is 0.394 e. The second kappa shape index (κ2) is 8.20. The van der Waals surface area contributed by atoms with Crippen molar-refractivity contribution in [2.24, 2.45) is 0 Å². The monoisotopic (exact) mass is 354 g/mol.